The number of nitro benzene ring substituents is 1. The molecule has 7 nitrogen and oxygen atoms in total. The molecule has 0 aliphatic rings. The minimum atomic E-state index is -1.74. The van der Waals surface area contributed by atoms with Crippen LogP contribution in [-0.2, 0) is 4.79 Å². The Labute approximate surface area is 138 Å². The van der Waals surface area contributed by atoms with Crippen LogP contribution in [0.25, 0.3) is 0 Å². The molecule has 0 spiro atoms. The van der Waals surface area contributed by atoms with Gasteiger partial charge in [-0.25, -0.2) is 13.2 Å². The normalized spacial score (nSPS) is 10.2. The maximum absolute atomic E-state index is 13.4. The molecule has 0 radical (unpaired) electrons. The second-order valence-electron chi connectivity index (χ2n) is 4.66. The predicted octanol–water partition coefficient (Wildman–Crippen LogP) is 2.84. The Morgan fingerprint density at radius 1 is 1.20 bits per heavy atom. The van der Waals surface area contributed by atoms with Gasteiger partial charge in [0.25, 0.3) is 11.6 Å². The summed E-state index contributed by atoms with van der Waals surface area (Å²) < 4.78 is 44.4. The predicted molar refractivity (Wildman–Crippen MR) is 78.9 cm³/mol. The molecule has 0 aromatic heterocycles. The molecule has 0 heterocycles. The highest BCUT2D eigenvalue weighted by molar-refractivity contribution is 5.92. The molecule has 25 heavy (non-hydrogen) atoms. The lowest BCUT2D eigenvalue weighted by Crippen LogP contribution is -2.21. The minimum Gasteiger partial charge on any atom is -0.483 e. The second kappa shape index (κ2) is 7.43. The van der Waals surface area contributed by atoms with Crippen molar-refractivity contribution in [1.82, 2.24) is 0 Å². The smallest absolute Gasteiger partial charge is 0.270 e. The van der Waals surface area contributed by atoms with Gasteiger partial charge in [0, 0.05) is 12.1 Å². The third-order valence-corrected chi connectivity index (χ3v) is 3.00. The monoisotopic (exact) mass is 354 g/mol. The van der Waals surface area contributed by atoms with Gasteiger partial charge in [0.1, 0.15) is 5.75 Å². The zero-order valence-corrected chi connectivity index (χ0v) is 12.3. The van der Waals surface area contributed by atoms with Crippen LogP contribution in [-0.4, -0.2) is 23.7 Å². The molecule has 0 unspecified atom stereocenters. The van der Waals surface area contributed by atoms with Crippen LogP contribution < -0.4 is 10.1 Å². The number of nitrogens with zero attached hydrogens (tertiary/aromatic N) is 1. The fraction of sp³-hybridized carbons (Fsp3) is 0.0667. The average Bonchev–Trinajstić information content (AvgIpc) is 2.60. The van der Waals surface area contributed by atoms with Crippen LogP contribution in [0, 0.1) is 27.6 Å². The molecule has 1 amide bonds. The van der Waals surface area contributed by atoms with E-state index < -0.39 is 40.6 Å². The summed E-state index contributed by atoms with van der Waals surface area (Å²) in [6.07, 6.45) is 0.301. The zero-order valence-electron chi connectivity index (χ0n) is 12.3. The number of benzene rings is 2. The standard InChI is InChI=1S/C15H9F3N2O5/c16-10-2-3-11(15(18)14(10)17)19-13(22)7-25-12-4-1-9(20(23)24)5-8(12)6-21/h1-6H,7H2,(H,19,22). The number of anilines is 1. The van der Waals surface area contributed by atoms with Crippen molar-refractivity contribution in [3.05, 3.63) is 63.5 Å². The summed E-state index contributed by atoms with van der Waals surface area (Å²) in [5.41, 5.74) is -1.10. The molecule has 0 atom stereocenters. The number of amides is 1. The Hall–Kier alpha value is -3.43. The molecule has 0 aliphatic heterocycles. The molecule has 10 heteroatoms. The Balaban J connectivity index is 2.07. The number of hydrogen-bond donors (Lipinski definition) is 1. The maximum Gasteiger partial charge on any atom is 0.270 e. The number of rotatable bonds is 6. The van der Waals surface area contributed by atoms with Crippen molar-refractivity contribution >= 4 is 23.6 Å². The number of aldehydes is 1. The van der Waals surface area contributed by atoms with Crippen molar-refractivity contribution in [3.63, 3.8) is 0 Å². The van der Waals surface area contributed by atoms with E-state index in [1.54, 1.807) is 0 Å². The van der Waals surface area contributed by atoms with E-state index in [-0.39, 0.29) is 17.0 Å². The number of non-ortho nitro benzene ring substituents is 1. The Bertz CT molecular complexity index is 857. The first kappa shape index (κ1) is 17.9. The van der Waals surface area contributed by atoms with E-state index in [2.05, 4.69) is 0 Å². The second-order valence-corrected chi connectivity index (χ2v) is 4.66. The molecule has 2 aromatic rings. The summed E-state index contributed by atoms with van der Waals surface area (Å²) in [4.78, 5) is 32.5. The topological polar surface area (TPSA) is 98.5 Å². The van der Waals surface area contributed by atoms with Crippen LogP contribution in [0.15, 0.2) is 30.3 Å². The first-order valence-electron chi connectivity index (χ1n) is 6.63. The van der Waals surface area contributed by atoms with E-state index in [0.717, 1.165) is 24.3 Å². The van der Waals surface area contributed by atoms with E-state index in [9.17, 15) is 32.9 Å². The summed E-state index contributed by atoms with van der Waals surface area (Å²) in [6.45, 7) is -0.697. The number of ether oxygens (including phenoxy) is 1. The van der Waals surface area contributed by atoms with Crippen molar-refractivity contribution in [2.45, 2.75) is 0 Å². The van der Waals surface area contributed by atoms with E-state index in [1.807, 2.05) is 5.32 Å². The lowest BCUT2D eigenvalue weighted by Gasteiger charge is -2.10. The molecule has 0 saturated heterocycles. The zero-order chi connectivity index (χ0) is 18.6. The van der Waals surface area contributed by atoms with Gasteiger partial charge < -0.3 is 10.1 Å². The minimum absolute atomic E-state index is 0.110. The molecule has 130 valence electrons. The summed E-state index contributed by atoms with van der Waals surface area (Å²) >= 11 is 0. The van der Waals surface area contributed by atoms with Crippen LogP contribution in [0.2, 0.25) is 0 Å². The van der Waals surface area contributed by atoms with Gasteiger partial charge in [-0.05, 0) is 18.2 Å². The number of carbonyl (C=O) groups excluding carboxylic acids is 2. The van der Waals surface area contributed by atoms with Gasteiger partial charge in [-0.3, -0.25) is 19.7 Å². The molecular formula is C15H9F3N2O5. The highest BCUT2D eigenvalue weighted by atomic mass is 19.2. The highest BCUT2D eigenvalue weighted by Crippen LogP contribution is 2.23. The summed E-state index contributed by atoms with van der Waals surface area (Å²) in [7, 11) is 0. The van der Waals surface area contributed by atoms with Crippen molar-refractivity contribution < 1.29 is 32.4 Å². The Kier molecular flexibility index (Phi) is 5.32. The first-order valence-corrected chi connectivity index (χ1v) is 6.63. The van der Waals surface area contributed by atoms with Crippen LogP contribution in [0.5, 0.6) is 5.75 Å². The lowest BCUT2D eigenvalue weighted by molar-refractivity contribution is -0.384. The fourth-order valence-electron chi connectivity index (χ4n) is 1.82. The van der Waals surface area contributed by atoms with E-state index in [1.165, 1.54) is 0 Å². The fourth-order valence-corrected chi connectivity index (χ4v) is 1.82. The Morgan fingerprint density at radius 3 is 2.56 bits per heavy atom. The average molecular weight is 354 g/mol. The van der Waals surface area contributed by atoms with Crippen molar-refractivity contribution in [2.75, 3.05) is 11.9 Å². The molecule has 0 saturated carbocycles. The number of carbonyl (C=O) groups is 2. The molecule has 0 aliphatic carbocycles. The van der Waals surface area contributed by atoms with Gasteiger partial charge >= 0.3 is 0 Å². The van der Waals surface area contributed by atoms with Gasteiger partial charge in [-0.15, -0.1) is 0 Å². The van der Waals surface area contributed by atoms with Crippen molar-refractivity contribution in [1.29, 1.82) is 0 Å². The van der Waals surface area contributed by atoms with E-state index in [4.69, 9.17) is 4.74 Å². The van der Waals surface area contributed by atoms with Crippen LogP contribution in [0.4, 0.5) is 24.5 Å². The van der Waals surface area contributed by atoms with E-state index >= 15 is 0 Å². The SMILES string of the molecule is O=Cc1cc([N+](=O)[O-])ccc1OCC(=O)Nc1ccc(F)c(F)c1F. The quantitative estimate of drug-likeness (QED) is 0.372. The molecule has 0 bridgehead atoms. The Morgan fingerprint density at radius 2 is 1.92 bits per heavy atom. The number of hydrogen-bond acceptors (Lipinski definition) is 5. The van der Waals surface area contributed by atoms with Crippen LogP contribution in [0.3, 0.4) is 0 Å². The van der Waals surface area contributed by atoms with Gasteiger partial charge in [0.05, 0.1) is 16.2 Å². The number of nitro groups is 1. The van der Waals surface area contributed by atoms with Gasteiger partial charge in [-0.1, -0.05) is 0 Å². The number of nitrogens with one attached hydrogen (secondary N) is 1. The number of halogens is 3. The molecule has 1 N–H and O–H groups in total. The molecule has 2 aromatic carbocycles. The highest BCUT2D eigenvalue weighted by Gasteiger charge is 2.16. The van der Waals surface area contributed by atoms with Gasteiger partial charge in [-0.2, -0.15) is 0 Å². The maximum atomic E-state index is 13.4. The summed E-state index contributed by atoms with van der Waals surface area (Å²) in [6, 6.07) is 4.60. The molecule has 2 rings (SSSR count). The lowest BCUT2D eigenvalue weighted by atomic mass is 10.2. The van der Waals surface area contributed by atoms with Crippen molar-refractivity contribution in [3.8, 4) is 5.75 Å². The largest absolute Gasteiger partial charge is 0.483 e. The third-order valence-electron chi connectivity index (χ3n) is 3.00. The molecule has 0 fully saturated rings. The summed E-state index contributed by atoms with van der Waals surface area (Å²) in [5.74, 6) is -5.75. The van der Waals surface area contributed by atoms with Gasteiger partial charge in [0.2, 0.25) is 0 Å². The third kappa shape index (κ3) is 4.10. The van der Waals surface area contributed by atoms with Gasteiger partial charge in [0.15, 0.2) is 30.3 Å². The van der Waals surface area contributed by atoms with Crippen molar-refractivity contribution in [2.24, 2.45) is 0 Å². The molecular weight excluding hydrogens is 345 g/mol. The van der Waals surface area contributed by atoms with Crippen LogP contribution in [0.1, 0.15) is 10.4 Å². The summed E-state index contributed by atoms with van der Waals surface area (Å²) in [5, 5.41) is 12.6. The first-order chi connectivity index (χ1) is 11.8. The van der Waals surface area contributed by atoms with E-state index in [0.29, 0.717) is 12.4 Å². The van der Waals surface area contributed by atoms with Crippen LogP contribution >= 0.6 is 0 Å².